The Bertz CT molecular complexity index is 2580. The number of aromatic amines is 2. The molecule has 2 saturated heterocycles. The summed E-state index contributed by atoms with van der Waals surface area (Å²) in [6.45, 7) is 12.3. The Labute approximate surface area is 362 Å². The number of nitrogens with one attached hydrogen (secondary N) is 4. The van der Waals surface area contributed by atoms with Gasteiger partial charge < -0.3 is 39.9 Å². The topological polar surface area (TPSA) is 175 Å². The number of hydrogen-bond donors (Lipinski definition) is 4. The van der Waals surface area contributed by atoms with E-state index < -0.39 is 32.3 Å². The molecule has 0 radical (unpaired) electrons. The predicted molar refractivity (Wildman–Crippen MR) is 240 cm³/mol. The molecule has 2 aliphatic carbocycles. The Hall–Kier alpha value is -5.70. The smallest absolute Gasteiger partial charge is 0.407 e. The summed E-state index contributed by atoms with van der Waals surface area (Å²) in [4.78, 5) is 73.5. The molecular formula is C47H58N8O6Si. The van der Waals surface area contributed by atoms with Crippen molar-refractivity contribution in [2.24, 2.45) is 17.8 Å². The van der Waals surface area contributed by atoms with Crippen molar-refractivity contribution in [3.8, 4) is 22.4 Å². The summed E-state index contributed by atoms with van der Waals surface area (Å²) in [5.41, 5.74) is 7.41. The molecule has 0 spiro atoms. The lowest BCUT2D eigenvalue weighted by Crippen LogP contribution is -2.52. The third kappa shape index (κ3) is 7.73. The van der Waals surface area contributed by atoms with E-state index in [1.165, 1.54) is 19.8 Å². The van der Waals surface area contributed by atoms with Gasteiger partial charge in [0.15, 0.2) is 0 Å². The average Bonchev–Trinajstić information content (AvgIpc) is 4.03. The quantitative estimate of drug-likeness (QED) is 0.0962. The fourth-order valence-corrected chi connectivity index (χ4v) is 12.9. The number of piperidine rings is 1. The van der Waals surface area contributed by atoms with Gasteiger partial charge in [0.25, 0.3) is 0 Å². The summed E-state index contributed by atoms with van der Waals surface area (Å²) < 4.78 is 9.69. The second kappa shape index (κ2) is 15.9. The van der Waals surface area contributed by atoms with Crippen LogP contribution in [0.5, 0.6) is 0 Å². The minimum atomic E-state index is -1.77. The first-order valence-corrected chi connectivity index (χ1v) is 25.5. The maximum absolute atomic E-state index is 14.0. The molecule has 4 aliphatic rings. The van der Waals surface area contributed by atoms with Gasteiger partial charge in [0.1, 0.15) is 23.7 Å². The first kappa shape index (κ1) is 41.6. The lowest BCUT2D eigenvalue weighted by Gasteiger charge is -2.31. The number of hydrogen-bond acceptors (Lipinski definition) is 8. The van der Waals surface area contributed by atoms with Crippen LogP contribution in [0.15, 0.2) is 54.7 Å². The largest absolute Gasteiger partial charge is 0.453 e. The number of aromatic nitrogens is 4. The molecule has 14 nitrogen and oxygen atoms in total. The maximum atomic E-state index is 14.0. The zero-order chi connectivity index (χ0) is 43.8. The Morgan fingerprint density at radius 1 is 0.806 bits per heavy atom. The molecule has 62 heavy (non-hydrogen) atoms. The van der Waals surface area contributed by atoms with Gasteiger partial charge in [-0.15, -0.1) is 0 Å². The fourth-order valence-electron chi connectivity index (χ4n) is 10.0. The van der Waals surface area contributed by atoms with E-state index in [0.29, 0.717) is 18.0 Å². The van der Waals surface area contributed by atoms with Gasteiger partial charge in [0.05, 0.1) is 57.3 Å². The Morgan fingerprint density at radius 3 is 2.16 bits per heavy atom. The van der Waals surface area contributed by atoms with Crippen molar-refractivity contribution >= 4 is 53.9 Å². The molecule has 2 unspecified atom stereocenters. The molecule has 4 N–H and O–H groups in total. The molecule has 2 aliphatic heterocycles. The van der Waals surface area contributed by atoms with E-state index in [1.807, 2.05) is 43.7 Å². The molecule has 5 aromatic rings. The summed E-state index contributed by atoms with van der Waals surface area (Å²) >= 11 is 0. The normalized spacial score (nSPS) is 22.5. The highest BCUT2D eigenvalue weighted by atomic mass is 28.3. The summed E-state index contributed by atoms with van der Waals surface area (Å²) in [6, 6.07) is 16.7. The molecule has 326 valence electrons. The molecule has 4 amide bonds. The van der Waals surface area contributed by atoms with Crippen molar-refractivity contribution in [3.05, 3.63) is 71.9 Å². The van der Waals surface area contributed by atoms with Crippen molar-refractivity contribution in [1.29, 1.82) is 0 Å². The Morgan fingerprint density at radius 2 is 1.48 bits per heavy atom. The molecule has 4 heterocycles. The number of ether oxygens (including phenoxy) is 2. The SMILES string of the molecule is COC(=O)N[C@H](C(=O)N1C[Si](C)(C)C[C@H]1c1ncc(-c2ccc(-c3ccc4c(ccc5[nH]c([C@@H]6CC7CC7N6C(=O)[C@@H](NC(=O)OC)C(C)C)nc54)c3)cc2C2CC2)[nH]1)C(C)C. The molecule has 9 rings (SSSR count). The number of methoxy groups -OCH3 is 2. The number of fused-ring (bicyclic) bond motifs is 4. The van der Waals surface area contributed by atoms with E-state index in [-0.39, 0.29) is 41.8 Å². The monoisotopic (exact) mass is 858 g/mol. The highest BCUT2D eigenvalue weighted by Crippen LogP contribution is 2.54. The Balaban J connectivity index is 0.976. The number of amides is 4. The maximum Gasteiger partial charge on any atom is 0.407 e. The van der Waals surface area contributed by atoms with Gasteiger partial charge in [-0.05, 0) is 89.6 Å². The predicted octanol–water partition coefficient (Wildman–Crippen LogP) is 8.20. The first-order chi connectivity index (χ1) is 29.6. The summed E-state index contributed by atoms with van der Waals surface area (Å²) in [6.07, 6.45) is 5.46. The van der Waals surface area contributed by atoms with Crippen molar-refractivity contribution in [1.82, 2.24) is 40.4 Å². The molecule has 2 saturated carbocycles. The number of carbonyl (C=O) groups is 4. The van der Waals surface area contributed by atoms with Crippen molar-refractivity contribution in [2.45, 2.75) is 109 Å². The lowest BCUT2D eigenvalue weighted by molar-refractivity contribution is -0.137. The molecule has 2 aromatic heterocycles. The van der Waals surface area contributed by atoms with Gasteiger partial charge in [0.2, 0.25) is 11.8 Å². The van der Waals surface area contributed by atoms with E-state index in [0.717, 1.165) is 87.6 Å². The second-order valence-electron chi connectivity index (χ2n) is 19.4. The highest BCUT2D eigenvalue weighted by Gasteiger charge is 2.56. The summed E-state index contributed by atoms with van der Waals surface area (Å²) in [7, 11) is 0.852. The van der Waals surface area contributed by atoms with E-state index in [2.05, 4.69) is 82.2 Å². The zero-order valence-electron chi connectivity index (χ0n) is 36.9. The molecule has 6 atom stereocenters. The van der Waals surface area contributed by atoms with Gasteiger partial charge in [-0.3, -0.25) is 9.59 Å². The lowest BCUT2D eigenvalue weighted by atomic mass is 9.94. The minimum Gasteiger partial charge on any atom is -0.453 e. The summed E-state index contributed by atoms with van der Waals surface area (Å²) in [5, 5.41) is 7.66. The van der Waals surface area contributed by atoms with Crippen molar-refractivity contribution in [2.75, 3.05) is 20.4 Å². The van der Waals surface area contributed by atoms with Crippen LogP contribution in [0.2, 0.25) is 19.1 Å². The van der Waals surface area contributed by atoms with Crippen LogP contribution in [0.25, 0.3) is 44.2 Å². The van der Waals surface area contributed by atoms with Crippen molar-refractivity contribution < 1.29 is 28.7 Å². The molecular weight excluding hydrogens is 801 g/mol. The number of likely N-dealkylation sites (tertiary alicyclic amines) is 1. The Kier molecular flexibility index (Phi) is 10.7. The van der Waals surface area contributed by atoms with E-state index >= 15 is 0 Å². The number of imidazole rings is 2. The van der Waals surface area contributed by atoms with Crippen LogP contribution in [-0.2, 0) is 19.1 Å². The van der Waals surface area contributed by atoms with Crippen LogP contribution in [0, 0.1) is 17.8 Å². The van der Waals surface area contributed by atoms with E-state index in [4.69, 9.17) is 19.4 Å². The number of rotatable bonds is 11. The van der Waals surface area contributed by atoms with E-state index in [1.54, 1.807) is 0 Å². The van der Waals surface area contributed by atoms with Crippen LogP contribution in [-0.4, -0.2) is 100 Å². The second-order valence-corrected chi connectivity index (χ2v) is 24.5. The van der Waals surface area contributed by atoms with Crippen molar-refractivity contribution in [3.63, 3.8) is 0 Å². The number of H-pyrrole nitrogens is 2. The van der Waals surface area contributed by atoms with E-state index in [9.17, 15) is 19.2 Å². The number of carbonyl (C=O) groups excluding carboxylic acids is 4. The number of nitrogens with zero attached hydrogens (tertiary/aromatic N) is 4. The molecule has 3 aromatic carbocycles. The first-order valence-electron chi connectivity index (χ1n) is 22.1. The molecule has 15 heteroatoms. The third-order valence-corrected chi connectivity index (χ3v) is 16.2. The van der Waals surface area contributed by atoms with Crippen LogP contribution >= 0.6 is 0 Å². The van der Waals surface area contributed by atoms with Gasteiger partial charge in [-0.2, -0.15) is 0 Å². The zero-order valence-corrected chi connectivity index (χ0v) is 37.9. The fraction of sp³-hybridized carbons (Fsp3) is 0.489. The molecule has 4 fully saturated rings. The average molecular weight is 859 g/mol. The van der Waals surface area contributed by atoms with Gasteiger partial charge in [-0.1, -0.05) is 77.2 Å². The third-order valence-electron chi connectivity index (χ3n) is 13.6. The minimum absolute atomic E-state index is 0.0935. The number of alkyl carbamates (subject to hydrolysis) is 2. The van der Waals surface area contributed by atoms with Crippen LogP contribution in [0.4, 0.5) is 9.59 Å². The standard InChI is InChI=1S/C47H58N8O6Si/c1-24(2)39(52-46(58)60-5)44(56)54-23-62(7,8)22-38(54)42-48-21-35(50-42)32-15-12-28(18-33(32)26-9-10-26)27-11-14-31-29(17-27)13-16-34-41(31)51-43(49-34)37-20-30-19-36(30)55(37)45(57)40(25(3)4)53-47(59)61-6/h11-18,21,24-26,30,36-40H,9-10,19-20,22-23H2,1-8H3,(H,48,50)(H,49,51)(H,52,58)(H,53,59)/t30?,36?,37-,38-,39-,40-/m0/s1. The molecule has 0 bridgehead atoms. The van der Waals surface area contributed by atoms with Gasteiger partial charge in [0, 0.05) is 23.2 Å². The van der Waals surface area contributed by atoms with Crippen LogP contribution in [0.1, 0.15) is 88.6 Å². The summed E-state index contributed by atoms with van der Waals surface area (Å²) in [5.74, 6) is 2.04. The van der Waals surface area contributed by atoms with Crippen LogP contribution in [0.3, 0.4) is 0 Å². The number of benzene rings is 3. The van der Waals surface area contributed by atoms with Gasteiger partial charge >= 0.3 is 12.2 Å². The van der Waals surface area contributed by atoms with Gasteiger partial charge in [-0.25, -0.2) is 19.6 Å². The highest BCUT2D eigenvalue weighted by molar-refractivity contribution is 6.78. The van der Waals surface area contributed by atoms with Crippen LogP contribution < -0.4 is 10.6 Å².